The van der Waals surface area contributed by atoms with Gasteiger partial charge in [0.05, 0.1) is 8.48 Å². The van der Waals surface area contributed by atoms with Gasteiger partial charge in [0.25, 0.3) is 0 Å². The maximum atomic E-state index is 11.2. The predicted octanol–water partition coefficient (Wildman–Crippen LogP) is 0.141. The number of carbonyl (C=O) groups is 1. The summed E-state index contributed by atoms with van der Waals surface area (Å²) in [5.41, 5.74) is 5.52. The molecule has 5 nitrogen and oxygen atoms in total. The molecule has 1 aromatic rings. The summed E-state index contributed by atoms with van der Waals surface area (Å²) in [7, 11) is 1.07. The van der Waals surface area contributed by atoms with Gasteiger partial charge in [-0.15, -0.1) is 0 Å². The summed E-state index contributed by atoms with van der Waals surface area (Å²) in [6.45, 7) is 0. The van der Waals surface area contributed by atoms with Gasteiger partial charge in [0, 0.05) is 1.37 Å². The van der Waals surface area contributed by atoms with E-state index in [1.165, 1.54) is 6.07 Å². The van der Waals surface area contributed by atoms with E-state index in [1.807, 2.05) is 0 Å². The van der Waals surface area contributed by atoms with Crippen molar-refractivity contribution in [3.8, 4) is 11.5 Å². The van der Waals surface area contributed by atoms with Gasteiger partial charge in [-0.2, -0.15) is 0 Å². The Morgan fingerprint density at radius 2 is 2.33 bits per heavy atom. The number of hydrogen-bond donors (Lipinski definition) is 3. The number of hydrogen-bond acceptors (Lipinski definition) is 5. The zero-order chi connectivity index (χ0) is 13.2. The zero-order valence-corrected chi connectivity index (χ0v) is 8.10. The number of nitrogens with two attached hydrogens (primary N) is 1. The Morgan fingerprint density at radius 3 is 2.87 bits per heavy atom. The number of phenolic OH excluding ortho intramolecular Hbond substituents is 2. The van der Waals surface area contributed by atoms with Crippen LogP contribution in [0.4, 0.5) is 0 Å². The number of benzene rings is 1. The van der Waals surface area contributed by atoms with Gasteiger partial charge < -0.3 is 20.7 Å². The van der Waals surface area contributed by atoms with Crippen LogP contribution in [-0.2, 0) is 15.9 Å². The average molecular weight is 213 g/mol. The molecule has 82 valence electrons. The van der Waals surface area contributed by atoms with Gasteiger partial charge in [0.15, 0.2) is 11.5 Å². The number of phenols is 2. The van der Waals surface area contributed by atoms with Gasteiger partial charge in [0.2, 0.25) is 0 Å². The lowest BCUT2D eigenvalue weighted by molar-refractivity contribution is -0.142. The van der Waals surface area contributed by atoms with Crippen molar-refractivity contribution in [2.45, 2.75) is 12.4 Å². The van der Waals surface area contributed by atoms with E-state index in [2.05, 4.69) is 4.74 Å². The Balaban J connectivity index is 3.07. The molecule has 0 heterocycles. The third kappa shape index (κ3) is 2.85. The first-order valence-corrected chi connectivity index (χ1v) is 4.12. The highest BCUT2D eigenvalue weighted by atomic mass is 16.5. The van der Waals surface area contributed by atoms with Gasteiger partial charge in [-0.1, -0.05) is 6.07 Å². The largest absolute Gasteiger partial charge is 0.504 e. The monoisotopic (exact) mass is 213 g/mol. The summed E-state index contributed by atoms with van der Waals surface area (Å²) in [5, 5.41) is 18.4. The lowest BCUT2D eigenvalue weighted by Crippen LogP contribution is -2.33. The molecule has 4 N–H and O–H groups in total. The fourth-order valence-electron chi connectivity index (χ4n) is 0.987. The van der Waals surface area contributed by atoms with E-state index < -0.39 is 24.1 Å². The summed E-state index contributed by atoms with van der Waals surface area (Å²) in [5.74, 6) is -1.85. The van der Waals surface area contributed by atoms with E-state index in [1.54, 1.807) is 0 Å². The van der Waals surface area contributed by atoms with Gasteiger partial charge in [-0.05, 0) is 24.1 Å². The van der Waals surface area contributed by atoms with Gasteiger partial charge >= 0.3 is 5.97 Å². The van der Waals surface area contributed by atoms with Crippen LogP contribution in [0.1, 0.15) is 8.30 Å². The van der Waals surface area contributed by atoms with E-state index in [-0.39, 0.29) is 11.3 Å². The average Bonchev–Trinajstić information content (AvgIpc) is 2.30. The standard InChI is InChI=1S/C10H13NO4/c1-15-10(14)7(11)4-6-2-3-8(12)9(13)5-6/h2-3,5,7,12-13H,4,11H2,1H3/t7-/m1/s1/i4D,7D/t4?,7-. The fraction of sp³-hybridized carbons (Fsp3) is 0.300. The second-order valence-electron chi connectivity index (χ2n) is 2.84. The fourth-order valence-corrected chi connectivity index (χ4v) is 0.987. The van der Waals surface area contributed by atoms with E-state index in [0.29, 0.717) is 0 Å². The van der Waals surface area contributed by atoms with Crippen LogP contribution in [0.5, 0.6) is 11.5 Å². The second-order valence-corrected chi connectivity index (χ2v) is 2.84. The van der Waals surface area contributed by atoms with Crippen molar-refractivity contribution >= 4 is 5.97 Å². The van der Waals surface area contributed by atoms with Crippen molar-refractivity contribution in [1.82, 2.24) is 0 Å². The van der Waals surface area contributed by atoms with Crippen LogP contribution in [-0.4, -0.2) is 29.3 Å². The molecule has 0 saturated carbocycles. The molecule has 1 aromatic carbocycles. The first-order chi connectivity index (χ1) is 7.80. The van der Waals surface area contributed by atoms with Crippen LogP contribution in [0.3, 0.4) is 0 Å². The Kier molecular flexibility index (Phi) is 2.65. The number of ether oxygens (including phenoxy) is 1. The maximum Gasteiger partial charge on any atom is 0.322 e. The SMILES string of the molecule is [2H]C(c1ccc(O)c(O)c1)[C@@]([2H])(N)C(=O)OC. The van der Waals surface area contributed by atoms with Crippen molar-refractivity contribution < 1.29 is 22.5 Å². The van der Waals surface area contributed by atoms with Crippen molar-refractivity contribution in [3.63, 3.8) is 0 Å². The molecule has 0 aliphatic heterocycles. The third-order valence-electron chi connectivity index (χ3n) is 1.74. The summed E-state index contributed by atoms with van der Waals surface area (Å²) < 4.78 is 19.6. The van der Waals surface area contributed by atoms with Crippen LogP contribution in [0.2, 0.25) is 0 Å². The van der Waals surface area contributed by atoms with Gasteiger partial charge in [-0.3, -0.25) is 4.79 Å². The van der Waals surface area contributed by atoms with Crippen LogP contribution >= 0.6 is 0 Å². The normalized spacial score (nSPS) is 18.3. The van der Waals surface area contributed by atoms with Crippen molar-refractivity contribution in [2.75, 3.05) is 7.11 Å². The predicted molar refractivity (Wildman–Crippen MR) is 53.5 cm³/mol. The van der Waals surface area contributed by atoms with E-state index >= 15 is 0 Å². The highest BCUT2D eigenvalue weighted by Gasteiger charge is 2.14. The van der Waals surface area contributed by atoms with E-state index in [9.17, 15) is 9.90 Å². The maximum absolute atomic E-state index is 11.2. The number of rotatable bonds is 3. The molecule has 0 aliphatic carbocycles. The summed E-state index contributed by atoms with van der Waals surface area (Å²) in [6, 6.07) is 1.25. The second kappa shape index (κ2) is 4.65. The molecule has 0 saturated heterocycles. The number of carbonyl (C=O) groups excluding carboxylic acids is 1. The van der Waals surface area contributed by atoms with Crippen LogP contribution in [0.25, 0.3) is 0 Å². The van der Waals surface area contributed by atoms with Gasteiger partial charge in [0.1, 0.15) is 6.02 Å². The Morgan fingerprint density at radius 1 is 1.67 bits per heavy atom. The molecule has 0 spiro atoms. The van der Waals surface area contributed by atoms with Crippen LogP contribution in [0, 0.1) is 0 Å². The lowest BCUT2D eigenvalue weighted by atomic mass is 10.1. The van der Waals surface area contributed by atoms with E-state index in [0.717, 1.165) is 19.2 Å². The molecule has 0 radical (unpaired) electrons. The highest BCUT2D eigenvalue weighted by molar-refractivity contribution is 5.75. The first-order valence-electron chi connectivity index (χ1n) is 5.20. The zero-order valence-electron chi connectivity index (χ0n) is 10.1. The topological polar surface area (TPSA) is 92.8 Å². The Hall–Kier alpha value is -1.75. The molecule has 5 heteroatoms. The van der Waals surface area contributed by atoms with Crippen molar-refractivity contribution in [2.24, 2.45) is 5.73 Å². The Labute approximate surface area is 89.9 Å². The quantitative estimate of drug-likeness (QED) is 0.490. The van der Waals surface area contributed by atoms with E-state index in [4.69, 9.17) is 13.6 Å². The summed E-state index contributed by atoms with van der Waals surface area (Å²) in [6.07, 6.45) is -1.44. The molecular formula is C10H13NO4. The minimum absolute atomic E-state index is 0.128. The summed E-state index contributed by atoms with van der Waals surface area (Å²) >= 11 is 0. The highest BCUT2D eigenvalue weighted by Crippen LogP contribution is 2.25. The molecule has 15 heavy (non-hydrogen) atoms. The minimum atomic E-state index is -2.28. The molecule has 0 aliphatic rings. The molecule has 2 atom stereocenters. The van der Waals surface area contributed by atoms with Crippen molar-refractivity contribution in [3.05, 3.63) is 23.8 Å². The number of aromatic hydroxyl groups is 2. The molecule has 0 aromatic heterocycles. The molecule has 1 rings (SSSR count). The molecule has 0 amide bonds. The molecule has 1 unspecified atom stereocenters. The summed E-state index contributed by atoms with van der Waals surface area (Å²) in [4.78, 5) is 11.2. The van der Waals surface area contributed by atoms with Crippen LogP contribution < -0.4 is 5.73 Å². The minimum Gasteiger partial charge on any atom is -0.504 e. The smallest absolute Gasteiger partial charge is 0.322 e. The van der Waals surface area contributed by atoms with Crippen molar-refractivity contribution in [1.29, 1.82) is 0 Å². The lowest BCUT2D eigenvalue weighted by Gasteiger charge is -2.09. The molecule has 0 fully saturated rings. The third-order valence-corrected chi connectivity index (χ3v) is 1.74. The van der Waals surface area contributed by atoms with Crippen LogP contribution in [0.15, 0.2) is 18.2 Å². The first kappa shape index (κ1) is 8.55. The molecular weight excluding hydrogens is 198 g/mol. The molecule has 0 bridgehead atoms. The number of methoxy groups -OCH3 is 1. The Bertz CT molecular complexity index is 436. The number of esters is 1. The van der Waals surface area contributed by atoms with Gasteiger partial charge in [-0.25, -0.2) is 0 Å².